The Balaban J connectivity index is 0.00000208. The van der Waals surface area contributed by atoms with E-state index in [9.17, 15) is 5.11 Å². The van der Waals surface area contributed by atoms with Gasteiger partial charge in [-0.05, 0) is 56.7 Å². The zero-order valence-electron chi connectivity index (χ0n) is 14.1. The van der Waals surface area contributed by atoms with Gasteiger partial charge in [0, 0.05) is 23.0 Å². The third-order valence-electron chi connectivity index (χ3n) is 5.04. The molecule has 0 atom stereocenters. The highest BCUT2D eigenvalue weighted by Crippen LogP contribution is 2.48. The van der Waals surface area contributed by atoms with Crippen molar-refractivity contribution in [2.45, 2.75) is 50.0 Å². The Morgan fingerprint density at radius 2 is 2.00 bits per heavy atom. The van der Waals surface area contributed by atoms with Crippen molar-refractivity contribution in [1.29, 1.82) is 0 Å². The van der Waals surface area contributed by atoms with Crippen molar-refractivity contribution >= 4 is 45.9 Å². The second kappa shape index (κ2) is 8.36. The van der Waals surface area contributed by atoms with Gasteiger partial charge in [0.1, 0.15) is 0 Å². The normalized spacial score (nSPS) is 20.5. The number of benzene rings is 1. The molecule has 0 radical (unpaired) electrons. The van der Waals surface area contributed by atoms with E-state index < -0.39 is 5.60 Å². The molecule has 4 nitrogen and oxygen atoms in total. The average Bonchev–Trinajstić information content (AvgIpc) is 3.29. The first-order chi connectivity index (χ1) is 11.1. The van der Waals surface area contributed by atoms with E-state index in [4.69, 9.17) is 0 Å². The maximum atomic E-state index is 10.2. The van der Waals surface area contributed by atoms with Crippen LogP contribution in [0, 0.1) is 0 Å². The molecule has 0 heterocycles. The summed E-state index contributed by atoms with van der Waals surface area (Å²) in [5, 5.41) is 17.0. The van der Waals surface area contributed by atoms with Gasteiger partial charge in [-0.25, -0.2) is 0 Å². The summed E-state index contributed by atoms with van der Waals surface area (Å²) in [7, 11) is 0. The minimum absolute atomic E-state index is 0. The van der Waals surface area contributed by atoms with E-state index in [0.29, 0.717) is 6.54 Å². The Morgan fingerprint density at radius 1 is 1.25 bits per heavy atom. The summed E-state index contributed by atoms with van der Waals surface area (Å²) in [5.74, 6) is 0.814. The van der Waals surface area contributed by atoms with Gasteiger partial charge in [-0.3, -0.25) is 4.99 Å². The molecule has 2 fully saturated rings. The van der Waals surface area contributed by atoms with E-state index in [1.54, 1.807) is 0 Å². The van der Waals surface area contributed by atoms with E-state index in [0.717, 1.165) is 42.8 Å². The van der Waals surface area contributed by atoms with Crippen molar-refractivity contribution in [3.63, 3.8) is 0 Å². The van der Waals surface area contributed by atoms with Gasteiger partial charge >= 0.3 is 0 Å². The van der Waals surface area contributed by atoms with Gasteiger partial charge in [0.15, 0.2) is 5.96 Å². The molecule has 0 aromatic heterocycles. The summed E-state index contributed by atoms with van der Waals surface area (Å²) in [5.41, 5.74) is 1.05. The first-order valence-electron chi connectivity index (χ1n) is 8.56. The van der Waals surface area contributed by atoms with Gasteiger partial charge < -0.3 is 15.7 Å². The van der Waals surface area contributed by atoms with Gasteiger partial charge in [-0.15, -0.1) is 24.0 Å². The summed E-state index contributed by atoms with van der Waals surface area (Å²) < 4.78 is 1.13. The highest BCUT2D eigenvalue weighted by atomic mass is 127. The molecule has 0 amide bonds. The van der Waals surface area contributed by atoms with Crippen LogP contribution in [0.25, 0.3) is 0 Å². The lowest BCUT2D eigenvalue weighted by atomic mass is 9.80. The molecule has 0 aliphatic heterocycles. The fourth-order valence-corrected chi connectivity index (χ4v) is 3.50. The van der Waals surface area contributed by atoms with Crippen LogP contribution in [0.5, 0.6) is 0 Å². The molecule has 0 bridgehead atoms. The smallest absolute Gasteiger partial charge is 0.191 e. The fraction of sp³-hybridized carbons (Fsp3) is 0.611. The molecular weight excluding hydrogens is 481 g/mol. The molecule has 0 saturated heterocycles. The highest BCUT2D eigenvalue weighted by molar-refractivity contribution is 14.0. The van der Waals surface area contributed by atoms with E-state index in [1.807, 2.05) is 0 Å². The summed E-state index contributed by atoms with van der Waals surface area (Å²) in [6.07, 6.45) is 5.28. The van der Waals surface area contributed by atoms with E-state index in [1.165, 1.54) is 18.4 Å². The second-order valence-electron chi connectivity index (χ2n) is 6.92. The average molecular weight is 508 g/mol. The maximum Gasteiger partial charge on any atom is 0.191 e. The van der Waals surface area contributed by atoms with Crippen molar-refractivity contribution in [2.75, 3.05) is 19.6 Å². The number of halogens is 2. The predicted molar refractivity (Wildman–Crippen MR) is 113 cm³/mol. The molecule has 1 aromatic rings. The number of nitrogens with one attached hydrogen (secondary N) is 2. The molecular formula is C18H27BrIN3O. The lowest BCUT2D eigenvalue weighted by molar-refractivity contribution is -0.0236. The molecule has 6 heteroatoms. The van der Waals surface area contributed by atoms with Gasteiger partial charge in [-0.1, -0.05) is 28.1 Å². The molecule has 3 rings (SSSR count). The van der Waals surface area contributed by atoms with Gasteiger partial charge in [0.2, 0.25) is 0 Å². The molecule has 0 spiro atoms. The van der Waals surface area contributed by atoms with Crippen LogP contribution in [-0.4, -0.2) is 36.3 Å². The number of guanidine groups is 1. The number of nitrogens with zero attached hydrogens (tertiary/aromatic N) is 1. The summed E-state index contributed by atoms with van der Waals surface area (Å²) in [4.78, 5) is 4.58. The molecule has 2 aliphatic carbocycles. The van der Waals surface area contributed by atoms with E-state index in [-0.39, 0.29) is 29.4 Å². The van der Waals surface area contributed by atoms with Crippen LogP contribution in [-0.2, 0) is 5.41 Å². The zero-order chi connectivity index (χ0) is 16.3. The van der Waals surface area contributed by atoms with Crippen molar-refractivity contribution in [3.8, 4) is 0 Å². The zero-order valence-corrected chi connectivity index (χ0v) is 18.1. The van der Waals surface area contributed by atoms with Crippen molar-refractivity contribution in [1.82, 2.24) is 10.6 Å². The first kappa shape index (κ1) is 20.0. The maximum absolute atomic E-state index is 10.2. The molecule has 24 heavy (non-hydrogen) atoms. The summed E-state index contributed by atoms with van der Waals surface area (Å²) in [6.45, 7) is 4.27. The number of rotatable bonds is 6. The number of hydrogen-bond donors (Lipinski definition) is 3. The molecule has 3 N–H and O–H groups in total. The van der Waals surface area contributed by atoms with E-state index >= 15 is 0 Å². The van der Waals surface area contributed by atoms with Crippen LogP contribution in [0.4, 0.5) is 0 Å². The van der Waals surface area contributed by atoms with Crippen LogP contribution in [0.2, 0.25) is 0 Å². The quantitative estimate of drug-likeness (QED) is 0.313. The van der Waals surface area contributed by atoms with Gasteiger partial charge in [-0.2, -0.15) is 0 Å². The Kier molecular flexibility index (Phi) is 6.96. The Bertz CT molecular complexity index is 585. The van der Waals surface area contributed by atoms with Crippen molar-refractivity contribution in [3.05, 3.63) is 34.3 Å². The largest absolute Gasteiger partial charge is 0.388 e. The standard InChI is InChI=1S/C18H26BrN3O.HI/c1-2-20-16(22-13-18(23)7-4-8-18)21-12-17(9-10-17)14-5-3-6-15(19)11-14;/h3,5-6,11,23H,2,4,7-10,12-13H2,1H3,(H2,20,21,22);1H. The monoisotopic (exact) mass is 507 g/mol. The lowest BCUT2D eigenvalue weighted by Gasteiger charge is -2.35. The molecule has 1 aromatic carbocycles. The lowest BCUT2D eigenvalue weighted by Crippen LogP contribution is -2.44. The van der Waals surface area contributed by atoms with Crippen LogP contribution in [0.3, 0.4) is 0 Å². The number of hydrogen-bond acceptors (Lipinski definition) is 2. The highest BCUT2D eigenvalue weighted by Gasteiger charge is 2.44. The molecule has 2 aliphatic rings. The molecule has 134 valence electrons. The summed E-state index contributed by atoms with van der Waals surface area (Å²) >= 11 is 3.56. The minimum Gasteiger partial charge on any atom is -0.388 e. The van der Waals surface area contributed by atoms with Crippen LogP contribution in [0.1, 0.15) is 44.6 Å². The van der Waals surface area contributed by atoms with E-state index in [2.05, 4.69) is 62.7 Å². The van der Waals surface area contributed by atoms with Crippen LogP contribution in [0.15, 0.2) is 33.7 Å². The fourth-order valence-electron chi connectivity index (χ4n) is 3.10. The first-order valence-corrected chi connectivity index (χ1v) is 9.35. The minimum atomic E-state index is -0.566. The van der Waals surface area contributed by atoms with Gasteiger partial charge in [0.05, 0.1) is 12.1 Å². The number of aliphatic hydroxyl groups is 1. The molecule has 0 unspecified atom stereocenters. The second-order valence-corrected chi connectivity index (χ2v) is 7.83. The Hall–Kier alpha value is -0.340. The SMILES string of the molecule is CCNC(=NCC1(O)CCC1)NCC1(c2cccc(Br)c2)CC1.I. The number of aliphatic imine (C=N–C) groups is 1. The summed E-state index contributed by atoms with van der Waals surface area (Å²) in [6, 6.07) is 8.60. The third kappa shape index (κ3) is 4.85. The van der Waals surface area contributed by atoms with Crippen molar-refractivity contribution < 1.29 is 5.11 Å². The third-order valence-corrected chi connectivity index (χ3v) is 5.54. The van der Waals surface area contributed by atoms with Crippen LogP contribution < -0.4 is 10.6 Å². The topological polar surface area (TPSA) is 56.7 Å². The van der Waals surface area contributed by atoms with Crippen molar-refractivity contribution in [2.24, 2.45) is 4.99 Å². The van der Waals surface area contributed by atoms with Gasteiger partial charge in [0.25, 0.3) is 0 Å². The van der Waals surface area contributed by atoms with Crippen LogP contribution >= 0.6 is 39.9 Å². The Morgan fingerprint density at radius 3 is 2.54 bits per heavy atom. The predicted octanol–water partition coefficient (Wildman–Crippen LogP) is 3.57. The molecule has 2 saturated carbocycles. The Labute approximate surface area is 170 Å².